The summed E-state index contributed by atoms with van der Waals surface area (Å²) in [6.45, 7) is 2.39. The topological polar surface area (TPSA) is 56.1 Å². The first-order chi connectivity index (χ1) is 13.7. The van der Waals surface area contributed by atoms with Crippen LogP contribution >= 0.6 is 0 Å². The predicted octanol–water partition coefficient (Wildman–Crippen LogP) is 4.27. The second-order valence-electron chi connectivity index (χ2n) is 6.63. The Bertz CT molecular complexity index is 1140. The Morgan fingerprint density at radius 1 is 1.11 bits per heavy atom. The van der Waals surface area contributed by atoms with E-state index in [0.29, 0.717) is 17.9 Å². The number of carbonyl (C=O) groups is 1. The summed E-state index contributed by atoms with van der Waals surface area (Å²) in [4.78, 5) is 16.9. The van der Waals surface area contributed by atoms with E-state index < -0.39 is 0 Å². The lowest BCUT2D eigenvalue weighted by molar-refractivity contribution is 0.0950. The van der Waals surface area contributed by atoms with Gasteiger partial charge in [0.2, 0.25) is 0 Å². The fraction of sp³-hybridized carbons (Fsp3) is 0.130. The van der Waals surface area contributed by atoms with Crippen LogP contribution in [0.25, 0.3) is 16.5 Å². The van der Waals surface area contributed by atoms with E-state index in [-0.39, 0.29) is 5.91 Å². The van der Waals surface area contributed by atoms with E-state index in [1.54, 1.807) is 25.6 Å². The number of hydrogen-bond acceptors (Lipinski definition) is 3. The average Bonchev–Trinajstić information content (AvgIpc) is 3.17. The highest BCUT2D eigenvalue weighted by molar-refractivity contribution is 5.95. The van der Waals surface area contributed by atoms with Crippen LogP contribution in [0, 0.1) is 6.92 Å². The van der Waals surface area contributed by atoms with Crippen molar-refractivity contribution in [3.05, 3.63) is 90.0 Å². The minimum atomic E-state index is -0.139. The van der Waals surface area contributed by atoms with E-state index in [2.05, 4.69) is 28.5 Å². The molecular formula is C23H21N3O2. The zero-order valence-electron chi connectivity index (χ0n) is 15.8. The molecule has 0 fully saturated rings. The maximum Gasteiger partial charge on any atom is 0.251 e. The molecule has 4 aromatic rings. The zero-order valence-corrected chi connectivity index (χ0v) is 15.8. The van der Waals surface area contributed by atoms with E-state index >= 15 is 0 Å². The second-order valence-corrected chi connectivity index (χ2v) is 6.63. The summed E-state index contributed by atoms with van der Waals surface area (Å²) in [6, 6.07) is 19.7. The van der Waals surface area contributed by atoms with Gasteiger partial charge in [-0.05, 0) is 41.5 Å². The average molecular weight is 371 g/mol. The van der Waals surface area contributed by atoms with Gasteiger partial charge in [-0.2, -0.15) is 0 Å². The molecule has 0 radical (unpaired) electrons. The van der Waals surface area contributed by atoms with Crippen molar-refractivity contribution in [3.8, 4) is 11.4 Å². The molecule has 1 amide bonds. The quantitative estimate of drug-likeness (QED) is 0.570. The fourth-order valence-corrected chi connectivity index (χ4v) is 3.31. The van der Waals surface area contributed by atoms with Gasteiger partial charge in [0.25, 0.3) is 5.91 Å². The van der Waals surface area contributed by atoms with Crippen molar-refractivity contribution >= 4 is 16.7 Å². The first kappa shape index (κ1) is 17.8. The van der Waals surface area contributed by atoms with Crippen LogP contribution in [0.2, 0.25) is 0 Å². The second kappa shape index (κ2) is 7.56. The summed E-state index contributed by atoms with van der Waals surface area (Å²) in [5.41, 5.74) is 3.40. The number of nitrogens with one attached hydrogen (secondary N) is 1. The number of amides is 1. The smallest absolute Gasteiger partial charge is 0.251 e. The molecule has 28 heavy (non-hydrogen) atoms. The molecule has 0 aliphatic heterocycles. The van der Waals surface area contributed by atoms with Crippen LogP contribution in [0.15, 0.2) is 73.2 Å². The summed E-state index contributed by atoms with van der Waals surface area (Å²) in [5, 5.41) is 5.32. The molecule has 5 heteroatoms. The minimum Gasteiger partial charge on any atom is -0.495 e. The fourth-order valence-electron chi connectivity index (χ4n) is 3.31. The summed E-state index contributed by atoms with van der Waals surface area (Å²) in [7, 11) is 1.60. The zero-order chi connectivity index (χ0) is 19.5. The minimum absolute atomic E-state index is 0.139. The summed E-state index contributed by atoms with van der Waals surface area (Å²) in [6.07, 6.45) is 3.64. The Labute approximate surface area is 163 Å². The van der Waals surface area contributed by atoms with E-state index in [1.807, 2.05) is 48.0 Å². The van der Waals surface area contributed by atoms with Crippen LogP contribution in [-0.4, -0.2) is 22.6 Å². The third-order valence-electron chi connectivity index (χ3n) is 4.75. The van der Waals surface area contributed by atoms with Crippen molar-refractivity contribution in [2.75, 3.05) is 7.11 Å². The Morgan fingerprint density at radius 3 is 2.71 bits per heavy atom. The van der Waals surface area contributed by atoms with Crippen LogP contribution in [0.3, 0.4) is 0 Å². The van der Waals surface area contributed by atoms with Gasteiger partial charge in [0.15, 0.2) is 0 Å². The Kier molecular flexibility index (Phi) is 4.81. The van der Waals surface area contributed by atoms with Gasteiger partial charge in [0, 0.05) is 18.3 Å². The van der Waals surface area contributed by atoms with Crippen LogP contribution in [-0.2, 0) is 6.54 Å². The lowest BCUT2D eigenvalue weighted by Gasteiger charge is -2.12. The largest absolute Gasteiger partial charge is 0.495 e. The molecule has 3 aromatic carbocycles. The molecule has 0 unspecified atom stereocenters. The van der Waals surface area contributed by atoms with Crippen molar-refractivity contribution in [1.29, 1.82) is 0 Å². The molecule has 4 rings (SSSR count). The number of imidazole rings is 1. The molecule has 0 aliphatic rings. The van der Waals surface area contributed by atoms with Crippen LogP contribution in [0.4, 0.5) is 0 Å². The number of hydrogen-bond donors (Lipinski definition) is 1. The van der Waals surface area contributed by atoms with Crippen LogP contribution in [0.1, 0.15) is 21.6 Å². The van der Waals surface area contributed by atoms with Crippen molar-refractivity contribution in [1.82, 2.24) is 14.9 Å². The predicted molar refractivity (Wildman–Crippen MR) is 110 cm³/mol. The molecule has 0 bridgehead atoms. The van der Waals surface area contributed by atoms with Gasteiger partial charge in [-0.25, -0.2) is 4.98 Å². The lowest BCUT2D eigenvalue weighted by atomic mass is 10.0. The third kappa shape index (κ3) is 3.47. The number of rotatable bonds is 5. The number of nitrogens with zero attached hydrogens (tertiary/aromatic N) is 2. The molecule has 0 spiro atoms. The van der Waals surface area contributed by atoms with Crippen molar-refractivity contribution < 1.29 is 9.53 Å². The van der Waals surface area contributed by atoms with Gasteiger partial charge in [0.1, 0.15) is 5.75 Å². The van der Waals surface area contributed by atoms with Gasteiger partial charge in [0.05, 0.1) is 24.8 Å². The molecule has 0 aliphatic carbocycles. The first-order valence-electron chi connectivity index (χ1n) is 9.09. The number of carbonyl (C=O) groups excluding carboxylic acids is 1. The Hall–Kier alpha value is -3.60. The van der Waals surface area contributed by atoms with Crippen LogP contribution in [0.5, 0.6) is 5.75 Å². The van der Waals surface area contributed by atoms with E-state index in [4.69, 9.17) is 4.74 Å². The molecule has 1 heterocycles. The Morgan fingerprint density at radius 2 is 1.93 bits per heavy atom. The van der Waals surface area contributed by atoms with Crippen molar-refractivity contribution in [2.24, 2.45) is 0 Å². The number of aryl methyl sites for hydroxylation is 1. The molecular weight excluding hydrogens is 350 g/mol. The molecule has 1 N–H and O–H groups in total. The molecule has 0 atom stereocenters. The number of aromatic nitrogens is 2. The molecule has 0 saturated carbocycles. The van der Waals surface area contributed by atoms with Gasteiger partial charge in [-0.1, -0.05) is 42.5 Å². The van der Waals surface area contributed by atoms with Gasteiger partial charge in [-0.3, -0.25) is 4.79 Å². The summed E-state index contributed by atoms with van der Waals surface area (Å²) in [5.74, 6) is 0.481. The van der Waals surface area contributed by atoms with Crippen molar-refractivity contribution in [3.63, 3.8) is 0 Å². The highest BCUT2D eigenvalue weighted by Crippen LogP contribution is 2.25. The molecule has 1 aromatic heterocycles. The number of fused-ring (bicyclic) bond motifs is 1. The molecule has 0 saturated heterocycles. The highest BCUT2D eigenvalue weighted by atomic mass is 16.5. The lowest BCUT2D eigenvalue weighted by Crippen LogP contribution is -2.23. The maximum atomic E-state index is 12.7. The summed E-state index contributed by atoms with van der Waals surface area (Å²) >= 11 is 0. The number of methoxy groups -OCH3 is 1. The number of ether oxygens (including phenoxy) is 1. The van der Waals surface area contributed by atoms with Gasteiger partial charge in [-0.15, -0.1) is 0 Å². The van der Waals surface area contributed by atoms with E-state index in [1.165, 1.54) is 0 Å². The standard InChI is InChI=1S/C23H21N3O2/c1-16-14-26(15-25-16)21-11-10-18(12-22(21)28-2)23(27)24-13-19-8-5-7-17-6-3-4-9-20(17)19/h3-12,14-15H,13H2,1-2H3,(H,24,27). The monoisotopic (exact) mass is 371 g/mol. The molecule has 140 valence electrons. The van der Waals surface area contributed by atoms with Gasteiger partial charge < -0.3 is 14.6 Å². The number of benzene rings is 3. The maximum absolute atomic E-state index is 12.7. The van der Waals surface area contributed by atoms with Gasteiger partial charge >= 0.3 is 0 Å². The first-order valence-corrected chi connectivity index (χ1v) is 9.09. The van der Waals surface area contributed by atoms with E-state index in [0.717, 1.165) is 27.7 Å². The van der Waals surface area contributed by atoms with E-state index in [9.17, 15) is 4.79 Å². The third-order valence-corrected chi connectivity index (χ3v) is 4.75. The highest BCUT2D eigenvalue weighted by Gasteiger charge is 2.12. The van der Waals surface area contributed by atoms with Crippen molar-refractivity contribution in [2.45, 2.75) is 13.5 Å². The van der Waals surface area contributed by atoms with Crippen LogP contribution < -0.4 is 10.1 Å². The normalized spacial score (nSPS) is 10.8. The molecule has 5 nitrogen and oxygen atoms in total. The summed E-state index contributed by atoms with van der Waals surface area (Å²) < 4.78 is 7.37. The SMILES string of the molecule is COc1cc(C(=O)NCc2cccc3ccccc23)ccc1-n1cnc(C)c1. The Balaban J connectivity index is 1.55.